The molecule has 3 unspecified atom stereocenters. The van der Waals surface area contributed by atoms with Gasteiger partial charge in [0.05, 0.1) is 12.6 Å². The van der Waals surface area contributed by atoms with Crippen molar-refractivity contribution in [2.24, 2.45) is 5.92 Å². The highest BCUT2D eigenvalue weighted by Crippen LogP contribution is 2.33. The van der Waals surface area contributed by atoms with Crippen LogP contribution in [0.5, 0.6) is 0 Å². The summed E-state index contributed by atoms with van der Waals surface area (Å²) in [6.07, 6.45) is 6.22. The number of rotatable bonds is 3. The summed E-state index contributed by atoms with van der Waals surface area (Å²) in [6.45, 7) is 0.711. The van der Waals surface area contributed by atoms with Gasteiger partial charge in [-0.1, -0.05) is 12.8 Å². The first-order chi connectivity index (χ1) is 9.63. The van der Waals surface area contributed by atoms with E-state index in [1.54, 1.807) is 11.3 Å². The van der Waals surface area contributed by atoms with Gasteiger partial charge in [0.15, 0.2) is 0 Å². The third-order valence-electron chi connectivity index (χ3n) is 4.55. The normalized spacial score (nSPS) is 29.2. The molecule has 1 amide bonds. The first kappa shape index (κ1) is 14.5. The molecule has 3 rings (SSSR count). The highest BCUT2D eigenvalue weighted by Gasteiger charge is 2.39. The number of likely N-dealkylation sites (N-methyl/N-ethyl adjacent to an activating group) is 1. The average Bonchev–Trinajstić information content (AvgIpc) is 3.03. The molecule has 1 aliphatic heterocycles. The van der Waals surface area contributed by atoms with Crippen molar-refractivity contribution in [1.82, 2.24) is 10.2 Å². The van der Waals surface area contributed by atoms with E-state index in [4.69, 9.17) is 0 Å². The first-order valence-electron chi connectivity index (χ1n) is 7.37. The molecular weight excluding hydrogens is 336 g/mol. The number of fused-ring (bicyclic) bond motifs is 1. The van der Waals surface area contributed by atoms with Crippen molar-refractivity contribution in [2.45, 2.75) is 50.7 Å². The molecule has 5 heteroatoms. The molecule has 110 valence electrons. The molecule has 3 atom stereocenters. The van der Waals surface area contributed by atoms with E-state index >= 15 is 0 Å². The maximum absolute atomic E-state index is 12.6. The van der Waals surface area contributed by atoms with E-state index in [-0.39, 0.29) is 11.9 Å². The summed E-state index contributed by atoms with van der Waals surface area (Å²) in [5.41, 5.74) is 0. The van der Waals surface area contributed by atoms with Gasteiger partial charge in [0.1, 0.15) is 0 Å². The fraction of sp³-hybridized carbons (Fsp3) is 0.667. The SMILES string of the molecule is CN(Cc1cc(Br)cs1)C(=O)C1CC2CCCCC2N1. The van der Waals surface area contributed by atoms with Gasteiger partial charge in [-0.25, -0.2) is 0 Å². The number of carbonyl (C=O) groups excluding carboxylic acids is 1. The average molecular weight is 357 g/mol. The molecule has 3 nitrogen and oxygen atoms in total. The lowest BCUT2D eigenvalue weighted by Gasteiger charge is -2.24. The number of hydrogen-bond donors (Lipinski definition) is 1. The van der Waals surface area contributed by atoms with Crippen molar-refractivity contribution >= 4 is 33.2 Å². The molecule has 0 spiro atoms. The zero-order chi connectivity index (χ0) is 14.1. The van der Waals surface area contributed by atoms with Crippen molar-refractivity contribution in [3.63, 3.8) is 0 Å². The number of nitrogens with zero attached hydrogens (tertiary/aromatic N) is 1. The van der Waals surface area contributed by atoms with Crippen LogP contribution in [0.15, 0.2) is 15.9 Å². The summed E-state index contributed by atoms with van der Waals surface area (Å²) < 4.78 is 1.10. The summed E-state index contributed by atoms with van der Waals surface area (Å²) >= 11 is 5.16. The molecule has 2 aliphatic rings. The Morgan fingerprint density at radius 3 is 3.00 bits per heavy atom. The van der Waals surface area contributed by atoms with E-state index in [2.05, 4.69) is 32.7 Å². The van der Waals surface area contributed by atoms with E-state index in [9.17, 15) is 4.79 Å². The lowest BCUT2D eigenvalue weighted by molar-refractivity contribution is -0.132. The van der Waals surface area contributed by atoms with Crippen molar-refractivity contribution < 1.29 is 4.79 Å². The molecule has 2 fully saturated rings. The number of hydrogen-bond acceptors (Lipinski definition) is 3. The van der Waals surface area contributed by atoms with Gasteiger partial charge in [0.25, 0.3) is 0 Å². The van der Waals surface area contributed by atoms with Crippen LogP contribution >= 0.6 is 27.3 Å². The molecule has 1 saturated carbocycles. The van der Waals surface area contributed by atoms with Crippen molar-refractivity contribution in [3.05, 3.63) is 20.8 Å². The number of amides is 1. The molecule has 1 aromatic heterocycles. The second-order valence-electron chi connectivity index (χ2n) is 6.03. The fourth-order valence-electron chi connectivity index (χ4n) is 3.52. The molecule has 0 radical (unpaired) electrons. The number of nitrogens with one attached hydrogen (secondary N) is 1. The van der Waals surface area contributed by atoms with Crippen LogP contribution in [0.1, 0.15) is 37.0 Å². The summed E-state index contributed by atoms with van der Waals surface area (Å²) in [5.74, 6) is 0.978. The van der Waals surface area contributed by atoms with Gasteiger partial charge in [-0.05, 0) is 47.2 Å². The van der Waals surface area contributed by atoms with Gasteiger partial charge in [-0.3, -0.25) is 4.79 Å². The van der Waals surface area contributed by atoms with E-state index in [1.807, 2.05) is 11.9 Å². The van der Waals surface area contributed by atoms with Crippen LogP contribution in [0.3, 0.4) is 0 Å². The Labute approximate surface area is 132 Å². The van der Waals surface area contributed by atoms with E-state index in [0.29, 0.717) is 12.6 Å². The van der Waals surface area contributed by atoms with E-state index in [0.717, 1.165) is 16.8 Å². The Kier molecular flexibility index (Phi) is 4.48. The Hall–Kier alpha value is -0.390. The largest absolute Gasteiger partial charge is 0.339 e. The van der Waals surface area contributed by atoms with E-state index < -0.39 is 0 Å². The number of thiophene rings is 1. The van der Waals surface area contributed by atoms with Crippen LogP contribution in [0, 0.1) is 5.92 Å². The molecule has 20 heavy (non-hydrogen) atoms. The van der Waals surface area contributed by atoms with E-state index in [1.165, 1.54) is 30.6 Å². The molecule has 1 aliphatic carbocycles. The second-order valence-corrected chi connectivity index (χ2v) is 7.94. The quantitative estimate of drug-likeness (QED) is 0.899. The van der Waals surface area contributed by atoms with Crippen LogP contribution in [-0.2, 0) is 11.3 Å². The predicted octanol–water partition coefficient (Wildman–Crippen LogP) is 3.39. The minimum absolute atomic E-state index is 0.0384. The summed E-state index contributed by atoms with van der Waals surface area (Å²) in [7, 11) is 1.92. The van der Waals surface area contributed by atoms with Gasteiger partial charge in [0, 0.05) is 27.8 Å². The molecule has 1 saturated heterocycles. The Balaban J connectivity index is 1.58. The topological polar surface area (TPSA) is 32.3 Å². The smallest absolute Gasteiger partial charge is 0.239 e. The van der Waals surface area contributed by atoms with Gasteiger partial charge in [-0.2, -0.15) is 0 Å². The van der Waals surface area contributed by atoms with Gasteiger partial charge >= 0.3 is 0 Å². The van der Waals surface area contributed by atoms with Crippen molar-refractivity contribution in [3.8, 4) is 0 Å². The van der Waals surface area contributed by atoms with Crippen LogP contribution in [0.4, 0.5) is 0 Å². The zero-order valence-electron chi connectivity index (χ0n) is 11.8. The summed E-state index contributed by atoms with van der Waals surface area (Å²) in [4.78, 5) is 15.6. The molecule has 0 bridgehead atoms. The number of carbonyl (C=O) groups is 1. The standard InChI is InChI=1S/C15H21BrN2OS/c1-18(8-12-7-11(16)9-20-12)15(19)14-6-10-4-2-3-5-13(10)17-14/h7,9-10,13-14,17H,2-6,8H2,1H3. The first-order valence-corrected chi connectivity index (χ1v) is 9.04. The van der Waals surface area contributed by atoms with Crippen LogP contribution in [-0.4, -0.2) is 29.9 Å². The van der Waals surface area contributed by atoms with Crippen molar-refractivity contribution in [1.29, 1.82) is 0 Å². The third kappa shape index (κ3) is 3.10. The molecule has 1 N–H and O–H groups in total. The lowest BCUT2D eigenvalue weighted by Crippen LogP contribution is -2.43. The zero-order valence-corrected chi connectivity index (χ0v) is 14.2. The minimum Gasteiger partial charge on any atom is -0.339 e. The monoisotopic (exact) mass is 356 g/mol. The Morgan fingerprint density at radius 1 is 1.50 bits per heavy atom. The second kappa shape index (κ2) is 6.16. The lowest BCUT2D eigenvalue weighted by atomic mass is 9.85. The summed E-state index contributed by atoms with van der Waals surface area (Å²) in [6, 6.07) is 2.72. The molecule has 0 aromatic carbocycles. The third-order valence-corrected chi connectivity index (χ3v) is 6.23. The predicted molar refractivity (Wildman–Crippen MR) is 85.8 cm³/mol. The maximum Gasteiger partial charge on any atom is 0.239 e. The Morgan fingerprint density at radius 2 is 2.30 bits per heavy atom. The van der Waals surface area contributed by atoms with Crippen LogP contribution < -0.4 is 5.32 Å². The Bertz CT molecular complexity index is 476. The van der Waals surface area contributed by atoms with Gasteiger partial charge in [0.2, 0.25) is 5.91 Å². The van der Waals surface area contributed by atoms with Crippen molar-refractivity contribution in [2.75, 3.05) is 7.05 Å². The van der Waals surface area contributed by atoms with Gasteiger partial charge < -0.3 is 10.2 Å². The number of halogens is 1. The molecule has 2 heterocycles. The summed E-state index contributed by atoms with van der Waals surface area (Å²) in [5, 5.41) is 5.63. The molecular formula is C15H21BrN2OS. The van der Waals surface area contributed by atoms with Crippen LogP contribution in [0.2, 0.25) is 0 Å². The highest BCUT2D eigenvalue weighted by molar-refractivity contribution is 9.10. The fourth-order valence-corrected chi connectivity index (χ4v) is 5.03. The molecule has 1 aromatic rings. The highest BCUT2D eigenvalue weighted by atomic mass is 79.9. The van der Waals surface area contributed by atoms with Crippen LogP contribution in [0.25, 0.3) is 0 Å². The maximum atomic E-state index is 12.6. The minimum atomic E-state index is 0.0384. The van der Waals surface area contributed by atoms with Gasteiger partial charge in [-0.15, -0.1) is 11.3 Å².